The standard InChI is InChI=1S/C14H16F3NO6S/c1-8-6-18(7-11(24-8)13(20)23-2)25(21,22)12-5-9(14(15,16)17)3-4-10(12)19/h3-5,8,11,19H,6-7H2,1-2H3/t8-,11+/m1/s1. The highest BCUT2D eigenvalue weighted by Gasteiger charge is 2.40. The fraction of sp³-hybridized carbons (Fsp3) is 0.500. The molecule has 0 bridgehead atoms. The van der Waals surface area contributed by atoms with E-state index >= 15 is 0 Å². The maximum atomic E-state index is 12.8. The molecular weight excluding hydrogens is 367 g/mol. The number of alkyl halides is 3. The van der Waals surface area contributed by atoms with Crippen LogP contribution in [0, 0.1) is 0 Å². The van der Waals surface area contributed by atoms with Gasteiger partial charge < -0.3 is 14.6 Å². The molecule has 1 aromatic carbocycles. The Morgan fingerprint density at radius 2 is 2.00 bits per heavy atom. The van der Waals surface area contributed by atoms with E-state index in [1.54, 1.807) is 0 Å². The zero-order valence-corrected chi connectivity index (χ0v) is 14.1. The molecular formula is C14H16F3NO6S. The summed E-state index contributed by atoms with van der Waals surface area (Å²) in [5.41, 5.74) is -1.21. The summed E-state index contributed by atoms with van der Waals surface area (Å²) in [6, 6.07) is 1.60. The van der Waals surface area contributed by atoms with Crippen molar-refractivity contribution in [3.05, 3.63) is 23.8 Å². The number of benzene rings is 1. The Kier molecular flexibility index (Phi) is 5.30. The van der Waals surface area contributed by atoms with Gasteiger partial charge in [-0.2, -0.15) is 17.5 Å². The second-order valence-corrected chi connectivity index (χ2v) is 7.37. The first-order valence-corrected chi connectivity index (χ1v) is 8.54. The molecule has 2 atom stereocenters. The monoisotopic (exact) mass is 383 g/mol. The van der Waals surface area contributed by atoms with Gasteiger partial charge in [-0.15, -0.1) is 0 Å². The zero-order valence-electron chi connectivity index (χ0n) is 13.3. The van der Waals surface area contributed by atoms with Gasteiger partial charge >= 0.3 is 12.1 Å². The van der Waals surface area contributed by atoms with Crippen LogP contribution in [-0.4, -0.2) is 56.2 Å². The number of esters is 1. The van der Waals surface area contributed by atoms with E-state index in [1.807, 2.05) is 0 Å². The predicted octanol–water partition coefficient (Wildman–Crippen LogP) is 1.36. The number of phenolic OH excluding ortho intramolecular Hbond substituents is 1. The summed E-state index contributed by atoms with van der Waals surface area (Å²) < 4.78 is 74.4. The number of rotatable bonds is 3. The number of carbonyl (C=O) groups is 1. The highest BCUT2D eigenvalue weighted by molar-refractivity contribution is 7.89. The Bertz CT molecular complexity index is 764. The van der Waals surface area contributed by atoms with E-state index in [0.717, 1.165) is 11.4 Å². The van der Waals surface area contributed by atoms with Gasteiger partial charge in [0.15, 0.2) is 6.10 Å². The lowest BCUT2D eigenvalue weighted by Gasteiger charge is -2.34. The zero-order chi connectivity index (χ0) is 19.0. The van der Waals surface area contributed by atoms with Gasteiger partial charge in [0, 0.05) is 6.54 Å². The van der Waals surface area contributed by atoms with Crippen molar-refractivity contribution in [2.75, 3.05) is 20.2 Å². The third-order valence-electron chi connectivity index (χ3n) is 3.60. The van der Waals surface area contributed by atoms with Crippen molar-refractivity contribution in [2.24, 2.45) is 0 Å². The topological polar surface area (TPSA) is 93.1 Å². The van der Waals surface area contributed by atoms with Crippen LogP contribution in [0.5, 0.6) is 5.75 Å². The summed E-state index contributed by atoms with van der Waals surface area (Å²) >= 11 is 0. The third kappa shape index (κ3) is 4.05. The molecule has 140 valence electrons. The molecule has 11 heteroatoms. The van der Waals surface area contributed by atoms with Crippen molar-refractivity contribution in [3.8, 4) is 5.75 Å². The lowest BCUT2D eigenvalue weighted by atomic mass is 10.2. The fourth-order valence-electron chi connectivity index (χ4n) is 2.41. The fourth-order valence-corrected chi connectivity index (χ4v) is 4.03. The van der Waals surface area contributed by atoms with Crippen molar-refractivity contribution in [3.63, 3.8) is 0 Å². The molecule has 2 rings (SSSR count). The van der Waals surface area contributed by atoms with Crippen LogP contribution in [0.25, 0.3) is 0 Å². The van der Waals surface area contributed by atoms with Gasteiger partial charge in [-0.25, -0.2) is 13.2 Å². The van der Waals surface area contributed by atoms with Crippen LogP contribution >= 0.6 is 0 Å². The minimum Gasteiger partial charge on any atom is -0.507 e. The molecule has 1 N–H and O–H groups in total. The molecule has 25 heavy (non-hydrogen) atoms. The lowest BCUT2D eigenvalue weighted by Crippen LogP contribution is -2.51. The number of ether oxygens (including phenoxy) is 2. The largest absolute Gasteiger partial charge is 0.507 e. The molecule has 0 saturated carbocycles. The molecule has 1 fully saturated rings. The van der Waals surface area contributed by atoms with Gasteiger partial charge in [0.2, 0.25) is 10.0 Å². The summed E-state index contributed by atoms with van der Waals surface area (Å²) in [5, 5.41) is 9.76. The van der Waals surface area contributed by atoms with E-state index in [-0.39, 0.29) is 6.54 Å². The highest BCUT2D eigenvalue weighted by atomic mass is 32.2. The Hall–Kier alpha value is -1.85. The molecule has 0 aliphatic carbocycles. The number of methoxy groups -OCH3 is 1. The Labute approximate surface area is 142 Å². The molecule has 0 spiro atoms. The number of hydrogen-bond acceptors (Lipinski definition) is 6. The minimum absolute atomic E-state index is 0.189. The molecule has 1 aliphatic rings. The smallest absolute Gasteiger partial charge is 0.416 e. The van der Waals surface area contributed by atoms with Crippen LogP contribution in [-0.2, 0) is 30.5 Å². The van der Waals surface area contributed by atoms with Gasteiger partial charge in [0.05, 0.1) is 25.3 Å². The SMILES string of the molecule is COC(=O)[C@@H]1CN(S(=O)(=O)c2cc(C(F)(F)F)ccc2O)C[C@@H](C)O1. The molecule has 0 amide bonds. The number of morpholine rings is 1. The Balaban J connectivity index is 2.42. The van der Waals surface area contributed by atoms with Crippen molar-refractivity contribution < 1.29 is 41.0 Å². The van der Waals surface area contributed by atoms with Crippen LogP contribution in [0.1, 0.15) is 12.5 Å². The van der Waals surface area contributed by atoms with Crippen LogP contribution in [0.15, 0.2) is 23.1 Å². The minimum atomic E-state index is -4.77. The maximum Gasteiger partial charge on any atom is 0.416 e. The highest BCUT2D eigenvalue weighted by Crippen LogP contribution is 2.35. The Morgan fingerprint density at radius 1 is 1.36 bits per heavy atom. The summed E-state index contributed by atoms with van der Waals surface area (Å²) in [6.45, 7) is 0.879. The average Bonchev–Trinajstić information content (AvgIpc) is 2.52. The lowest BCUT2D eigenvalue weighted by molar-refractivity contribution is -0.162. The molecule has 0 radical (unpaired) electrons. The number of halogens is 3. The number of aromatic hydroxyl groups is 1. The molecule has 1 saturated heterocycles. The average molecular weight is 383 g/mol. The summed E-state index contributed by atoms with van der Waals surface area (Å²) in [6.07, 6.45) is -6.68. The second kappa shape index (κ2) is 6.81. The van der Waals surface area contributed by atoms with Gasteiger partial charge in [0.1, 0.15) is 10.6 Å². The van der Waals surface area contributed by atoms with E-state index in [9.17, 15) is 31.5 Å². The van der Waals surface area contributed by atoms with E-state index < -0.39 is 57.1 Å². The molecule has 1 heterocycles. The molecule has 1 aromatic rings. The van der Waals surface area contributed by atoms with Crippen molar-refractivity contribution in [1.29, 1.82) is 0 Å². The van der Waals surface area contributed by atoms with Gasteiger partial charge in [0.25, 0.3) is 0 Å². The summed E-state index contributed by atoms with van der Waals surface area (Å²) in [7, 11) is -3.39. The first-order valence-electron chi connectivity index (χ1n) is 7.10. The number of sulfonamides is 1. The number of carbonyl (C=O) groups excluding carboxylic acids is 1. The third-order valence-corrected chi connectivity index (χ3v) is 5.46. The van der Waals surface area contributed by atoms with Crippen LogP contribution in [0.3, 0.4) is 0 Å². The van der Waals surface area contributed by atoms with E-state index in [1.165, 1.54) is 6.92 Å². The van der Waals surface area contributed by atoms with E-state index in [4.69, 9.17) is 4.74 Å². The van der Waals surface area contributed by atoms with E-state index in [2.05, 4.69) is 4.74 Å². The van der Waals surface area contributed by atoms with E-state index in [0.29, 0.717) is 18.2 Å². The first-order chi connectivity index (χ1) is 11.5. The predicted molar refractivity (Wildman–Crippen MR) is 78.2 cm³/mol. The van der Waals surface area contributed by atoms with Gasteiger partial charge in [-0.05, 0) is 25.1 Å². The molecule has 1 aliphatic heterocycles. The van der Waals surface area contributed by atoms with Crippen LogP contribution < -0.4 is 0 Å². The molecule has 7 nitrogen and oxygen atoms in total. The van der Waals surface area contributed by atoms with Crippen molar-refractivity contribution >= 4 is 16.0 Å². The van der Waals surface area contributed by atoms with Crippen molar-refractivity contribution in [1.82, 2.24) is 4.31 Å². The number of hydrogen-bond donors (Lipinski definition) is 1. The molecule has 0 aromatic heterocycles. The quantitative estimate of drug-likeness (QED) is 0.793. The molecule has 0 unspecified atom stereocenters. The Morgan fingerprint density at radius 3 is 2.56 bits per heavy atom. The number of nitrogens with zero attached hydrogens (tertiary/aromatic N) is 1. The van der Waals surface area contributed by atoms with Gasteiger partial charge in [-0.3, -0.25) is 0 Å². The summed E-state index contributed by atoms with van der Waals surface area (Å²) in [4.78, 5) is 10.7. The van der Waals surface area contributed by atoms with Crippen LogP contribution in [0.2, 0.25) is 0 Å². The second-order valence-electron chi connectivity index (χ2n) is 5.46. The summed E-state index contributed by atoms with van der Waals surface area (Å²) in [5.74, 6) is -1.62. The van der Waals surface area contributed by atoms with Gasteiger partial charge in [-0.1, -0.05) is 0 Å². The normalized spacial score (nSPS) is 22.6. The first kappa shape index (κ1) is 19.5. The van der Waals surface area contributed by atoms with Crippen molar-refractivity contribution in [2.45, 2.75) is 30.2 Å². The number of phenols is 1. The maximum absolute atomic E-state index is 12.8. The van der Waals surface area contributed by atoms with Crippen LogP contribution in [0.4, 0.5) is 13.2 Å².